The molecule has 0 amide bonds. The number of nitrogens with zero attached hydrogens (tertiary/aromatic N) is 5. The van der Waals surface area contributed by atoms with E-state index in [1.54, 1.807) is 38.1 Å². The second-order valence-electron chi connectivity index (χ2n) is 7.43. The van der Waals surface area contributed by atoms with Gasteiger partial charge >= 0.3 is 0 Å². The summed E-state index contributed by atoms with van der Waals surface area (Å²) in [5.74, 6) is 0.125. The van der Waals surface area contributed by atoms with E-state index in [1.807, 2.05) is 24.5 Å². The van der Waals surface area contributed by atoms with Gasteiger partial charge in [0.15, 0.2) is 16.8 Å². The number of carbonyl (C=O) groups excluding carboxylic acids is 1. The Labute approximate surface area is 199 Å². The Morgan fingerprint density at radius 1 is 1.27 bits per heavy atom. The van der Waals surface area contributed by atoms with E-state index in [0.29, 0.717) is 29.6 Å². The quantitative estimate of drug-likeness (QED) is 0.288. The Balaban J connectivity index is 2.47. The van der Waals surface area contributed by atoms with Crippen LogP contribution in [0.15, 0.2) is 45.6 Å². The van der Waals surface area contributed by atoms with E-state index in [-0.39, 0.29) is 33.7 Å². The minimum absolute atomic E-state index is 0.00197. The molecular formula is C22H30N6O3S2. The molecule has 2 N–H and O–H groups in total. The predicted molar refractivity (Wildman–Crippen MR) is 129 cm³/mol. The molecular weight excluding hydrogens is 460 g/mol. The molecule has 0 spiro atoms. The number of hydrogen-bond donors (Lipinski definition) is 1. The van der Waals surface area contributed by atoms with Gasteiger partial charge in [0, 0.05) is 30.4 Å². The number of aromatic nitrogens is 3. The van der Waals surface area contributed by atoms with Crippen LogP contribution < -0.4 is 5.73 Å². The van der Waals surface area contributed by atoms with Crippen molar-refractivity contribution in [3.05, 3.63) is 35.5 Å². The van der Waals surface area contributed by atoms with Crippen molar-refractivity contribution < 1.29 is 13.2 Å². The molecule has 1 heterocycles. The van der Waals surface area contributed by atoms with Crippen LogP contribution in [0.25, 0.3) is 11.4 Å². The number of Topliss-reactive ketones (excluding diaryl/α,β-unsaturated/α-hetero) is 1. The summed E-state index contributed by atoms with van der Waals surface area (Å²) in [6.45, 7) is 9.89. The molecule has 0 aliphatic carbocycles. The molecule has 0 aliphatic heterocycles. The molecule has 9 nitrogen and oxygen atoms in total. The topological polar surface area (TPSA) is 135 Å². The van der Waals surface area contributed by atoms with E-state index in [4.69, 9.17) is 11.0 Å². The number of ketones is 1. The van der Waals surface area contributed by atoms with Crippen LogP contribution in [0.3, 0.4) is 0 Å². The summed E-state index contributed by atoms with van der Waals surface area (Å²) in [7, 11) is -3.63. The van der Waals surface area contributed by atoms with Gasteiger partial charge in [-0.05, 0) is 32.4 Å². The van der Waals surface area contributed by atoms with Crippen molar-refractivity contribution in [1.82, 2.24) is 19.1 Å². The lowest BCUT2D eigenvalue weighted by atomic mass is 10.2. The fourth-order valence-corrected chi connectivity index (χ4v) is 5.65. The molecule has 1 aromatic heterocycles. The zero-order valence-electron chi connectivity index (χ0n) is 19.6. The molecule has 0 bridgehead atoms. The summed E-state index contributed by atoms with van der Waals surface area (Å²) in [6.07, 6.45) is 0.773. The number of sulfonamides is 1. The van der Waals surface area contributed by atoms with E-state index < -0.39 is 10.0 Å². The van der Waals surface area contributed by atoms with Crippen LogP contribution >= 0.6 is 11.8 Å². The number of hydrogen-bond acceptors (Lipinski definition) is 8. The molecule has 1 atom stereocenters. The largest absolute Gasteiger partial charge is 0.401 e. The summed E-state index contributed by atoms with van der Waals surface area (Å²) in [6, 6.07) is 8.49. The highest BCUT2D eigenvalue weighted by Gasteiger charge is 2.24. The number of rotatable bonds is 11. The Hall–Kier alpha value is -2.68. The number of carbonyl (C=O) groups is 1. The van der Waals surface area contributed by atoms with E-state index in [1.165, 1.54) is 23.0 Å². The average Bonchev–Trinajstić information content (AvgIpc) is 3.22. The van der Waals surface area contributed by atoms with Gasteiger partial charge in [-0.2, -0.15) is 9.57 Å². The summed E-state index contributed by atoms with van der Waals surface area (Å²) in [5.41, 5.74) is 6.36. The molecule has 0 radical (unpaired) electrons. The van der Waals surface area contributed by atoms with Crippen molar-refractivity contribution in [2.45, 2.75) is 57.1 Å². The molecule has 2 rings (SSSR count). The van der Waals surface area contributed by atoms with Gasteiger partial charge < -0.3 is 5.73 Å². The van der Waals surface area contributed by atoms with Crippen LogP contribution in [0.5, 0.6) is 0 Å². The lowest BCUT2D eigenvalue weighted by Gasteiger charge is -2.19. The van der Waals surface area contributed by atoms with Gasteiger partial charge in [0.05, 0.1) is 10.6 Å². The molecule has 0 aliphatic rings. The minimum atomic E-state index is -3.63. The third kappa shape index (κ3) is 5.82. The second-order valence-corrected chi connectivity index (χ2v) is 10.3. The Bertz CT molecular complexity index is 1170. The maximum absolute atomic E-state index is 13.0. The summed E-state index contributed by atoms with van der Waals surface area (Å²) in [4.78, 5) is 12.6. The molecule has 0 fully saturated rings. The first kappa shape index (κ1) is 26.6. The van der Waals surface area contributed by atoms with Crippen molar-refractivity contribution >= 4 is 27.6 Å². The average molecular weight is 491 g/mol. The molecule has 178 valence electrons. The highest BCUT2D eigenvalue weighted by molar-refractivity contribution is 7.99. The van der Waals surface area contributed by atoms with E-state index in [9.17, 15) is 13.2 Å². The monoisotopic (exact) mass is 490 g/mol. The Morgan fingerprint density at radius 3 is 2.48 bits per heavy atom. The number of nitriles is 1. The van der Waals surface area contributed by atoms with Crippen LogP contribution in [0.4, 0.5) is 0 Å². The van der Waals surface area contributed by atoms with E-state index in [2.05, 4.69) is 10.2 Å². The predicted octanol–water partition coefficient (Wildman–Crippen LogP) is 3.36. The maximum atomic E-state index is 13.0. The van der Waals surface area contributed by atoms with Crippen molar-refractivity contribution in [2.75, 3.05) is 18.8 Å². The zero-order valence-corrected chi connectivity index (χ0v) is 21.2. The minimum Gasteiger partial charge on any atom is -0.401 e. The van der Waals surface area contributed by atoms with E-state index in [0.717, 1.165) is 6.42 Å². The normalized spacial score (nSPS) is 13.5. The molecule has 0 saturated heterocycles. The van der Waals surface area contributed by atoms with Gasteiger partial charge in [-0.3, -0.25) is 9.36 Å². The van der Waals surface area contributed by atoms with Crippen molar-refractivity contribution in [3.63, 3.8) is 0 Å². The third-order valence-corrected chi connectivity index (χ3v) is 8.24. The fourth-order valence-electron chi connectivity index (χ4n) is 3.23. The molecule has 2 aromatic rings. The number of thioether (sulfide) groups is 1. The van der Waals surface area contributed by atoms with Crippen molar-refractivity contribution in [1.29, 1.82) is 5.26 Å². The van der Waals surface area contributed by atoms with Crippen LogP contribution in [0.1, 0.15) is 47.1 Å². The summed E-state index contributed by atoms with van der Waals surface area (Å²) >= 11 is 1.17. The number of benzene rings is 1. The molecule has 11 heteroatoms. The first-order valence-electron chi connectivity index (χ1n) is 10.7. The van der Waals surface area contributed by atoms with Crippen LogP contribution in [-0.2, 0) is 14.8 Å². The van der Waals surface area contributed by atoms with Crippen molar-refractivity contribution in [2.24, 2.45) is 5.73 Å². The number of nitrogens with two attached hydrogens (primary N) is 1. The number of allylic oxidation sites excluding steroid dienone is 2. The third-order valence-electron chi connectivity index (χ3n) is 5.25. The second kappa shape index (κ2) is 11.4. The molecule has 1 aromatic carbocycles. The highest BCUT2D eigenvalue weighted by atomic mass is 32.2. The van der Waals surface area contributed by atoms with Gasteiger partial charge in [-0.1, -0.05) is 44.7 Å². The highest BCUT2D eigenvalue weighted by Crippen LogP contribution is 2.31. The molecule has 0 saturated carbocycles. The van der Waals surface area contributed by atoms with Gasteiger partial charge in [0.1, 0.15) is 11.6 Å². The maximum Gasteiger partial charge on any atom is 0.243 e. The van der Waals surface area contributed by atoms with Crippen LogP contribution in [0.2, 0.25) is 0 Å². The fraction of sp³-hybridized carbons (Fsp3) is 0.455. The lowest BCUT2D eigenvalue weighted by molar-refractivity contribution is -0.112. The van der Waals surface area contributed by atoms with Crippen LogP contribution in [-0.4, -0.2) is 52.1 Å². The van der Waals surface area contributed by atoms with Gasteiger partial charge in [-0.15, -0.1) is 10.2 Å². The Kier molecular flexibility index (Phi) is 9.22. The molecule has 33 heavy (non-hydrogen) atoms. The summed E-state index contributed by atoms with van der Waals surface area (Å²) < 4.78 is 29.3. The smallest absolute Gasteiger partial charge is 0.243 e. The summed E-state index contributed by atoms with van der Waals surface area (Å²) in [5, 5.41) is 18.2. The SMILES string of the molecule is CCC(C)n1c(SCC(=O)/C(C#N)=C(\C)N)nnc1-c1cccc(S(=O)(=O)N(CC)CC)c1. The van der Waals surface area contributed by atoms with Gasteiger partial charge in [-0.25, -0.2) is 8.42 Å². The molecule has 1 unspecified atom stereocenters. The zero-order chi connectivity index (χ0) is 24.8. The van der Waals surface area contributed by atoms with E-state index >= 15 is 0 Å². The first-order valence-corrected chi connectivity index (χ1v) is 13.1. The van der Waals surface area contributed by atoms with Gasteiger partial charge in [0.25, 0.3) is 0 Å². The van der Waals surface area contributed by atoms with Crippen LogP contribution in [0, 0.1) is 11.3 Å². The Morgan fingerprint density at radius 2 is 1.94 bits per heavy atom. The standard InChI is InChI=1S/C22H30N6O3S2/c1-6-15(4)28-21(25-26-22(28)32-14-20(29)19(13-23)16(5)24)17-10-9-11-18(12-17)33(30,31)27(7-2)8-3/h9-12,15H,6-8,14,24H2,1-5H3/b19-16+. The van der Waals surface area contributed by atoms with Crippen molar-refractivity contribution in [3.8, 4) is 17.5 Å². The van der Waals surface area contributed by atoms with Gasteiger partial charge in [0.2, 0.25) is 10.0 Å². The lowest BCUT2D eigenvalue weighted by Crippen LogP contribution is -2.30. The first-order chi connectivity index (χ1) is 15.6.